The summed E-state index contributed by atoms with van der Waals surface area (Å²) in [7, 11) is 2.05. The smallest absolute Gasteiger partial charge is 0.289 e. The molecule has 2 aromatic heterocycles. The van der Waals surface area contributed by atoms with Crippen LogP contribution in [0.4, 0.5) is 4.53 Å². The molecule has 0 aliphatic carbocycles. The number of aromatic nitrogens is 2. The number of carbonyl (C=O) groups is 1. The third-order valence-electron chi connectivity index (χ3n) is 4.70. The zero-order valence-corrected chi connectivity index (χ0v) is 13.8. The first kappa shape index (κ1) is 16.5. The topological polar surface area (TPSA) is 55.3 Å². The largest absolute Gasteiger partial charge is 0.397 e. The molecule has 2 atom stereocenters. The van der Waals surface area contributed by atoms with Crippen LogP contribution in [0.5, 0.6) is 0 Å². The zero-order chi connectivity index (χ0) is 17.1. The average Bonchev–Trinajstić information content (AvgIpc) is 2.62. The third kappa shape index (κ3) is 3.14. The van der Waals surface area contributed by atoms with E-state index < -0.39 is 5.97 Å². The van der Waals surface area contributed by atoms with Gasteiger partial charge in [0.05, 0.1) is 23.5 Å². The van der Waals surface area contributed by atoms with Gasteiger partial charge in [-0.05, 0) is 57.0 Å². The number of hydrogen-bond donors (Lipinski definition) is 0. The minimum Gasteiger partial charge on any atom is -0.289 e. The van der Waals surface area contributed by atoms with E-state index in [4.69, 9.17) is 0 Å². The van der Waals surface area contributed by atoms with Crippen molar-refractivity contribution in [1.29, 1.82) is 0 Å². The molecule has 3 heterocycles. The zero-order valence-electron chi connectivity index (χ0n) is 13.8. The predicted octanol–water partition coefficient (Wildman–Crippen LogP) is 3.72. The lowest BCUT2D eigenvalue weighted by Gasteiger charge is -2.39. The highest BCUT2D eigenvalue weighted by atomic mass is 19.3. The van der Waals surface area contributed by atoms with Gasteiger partial charge in [0.25, 0.3) is 0 Å². The summed E-state index contributed by atoms with van der Waals surface area (Å²) < 4.78 is 12.1. The summed E-state index contributed by atoms with van der Waals surface area (Å²) in [5, 5.41) is 0. The maximum atomic E-state index is 12.1. The molecule has 24 heavy (non-hydrogen) atoms. The summed E-state index contributed by atoms with van der Waals surface area (Å²) >= 11 is 0. The number of rotatable bonds is 3. The Kier molecular flexibility index (Phi) is 4.85. The average molecular weight is 329 g/mol. The molecule has 0 radical (unpaired) electrons. The van der Waals surface area contributed by atoms with E-state index in [2.05, 4.69) is 32.8 Å². The van der Waals surface area contributed by atoms with E-state index >= 15 is 0 Å². The Labute approximate surface area is 140 Å². The molecule has 1 aliphatic rings. The monoisotopic (exact) mass is 329 g/mol. The second-order valence-corrected chi connectivity index (χ2v) is 6.15. The van der Waals surface area contributed by atoms with Crippen molar-refractivity contribution in [1.82, 2.24) is 14.9 Å². The Bertz CT molecular complexity index is 738. The molecule has 2 unspecified atom stereocenters. The Balaban J connectivity index is 1.89. The molecule has 1 aliphatic heterocycles. The Morgan fingerprint density at radius 2 is 2.04 bits per heavy atom. The minimum atomic E-state index is -1.06. The van der Waals surface area contributed by atoms with Gasteiger partial charge < -0.3 is 0 Å². The summed E-state index contributed by atoms with van der Waals surface area (Å²) in [5.74, 6) is -1.06. The third-order valence-corrected chi connectivity index (χ3v) is 4.70. The van der Waals surface area contributed by atoms with Gasteiger partial charge in [-0.25, -0.2) is 14.7 Å². The molecule has 1 fully saturated rings. The van der Waals surface area contributed by atoms with E-state index in [1.165, 1.54) is 6.07 Å². The van der Waals surface area contributed by atoms with E-state index in [0.717, 1.165) is 36.2 Å². The highest BCUT2D eigenvalue weighted by Gasteiger charge is 2.32. The number of halogens is 1. The van der Waals surface area contributed by atoms with Crippen LogP contribution in [-0.2, 0) is 4.94 Å². The standard InChI is InChI=1S/C18H20FN3O2/c1-12-6-5-11-20-17(12)16-10-4-9-15(22(16)2)13-7-3-8-14(21-13)18(23)24-19/h3,5-8,11,15-16H,4,9-10H2,1-2H3. The molecular weight excluding hydrogens is 309 g/mol. The molecule has 6 heteroatoms. The highest BCUT2D eigenvalue weighted by Crippen LogP contribution is 2.39. The van der Waals surface area contributed by atoms with Gasteiger partial charge in [-0.1, -0.05) is 12.1 Å². The minimum absolute atomic E-state index is 0.0143. The second kappa shape index (κ2) is 7.05. The molecule has 5 nitrogen and oxygen atoms in total. The summed E-state index contributed by atoms with van der Waals surface area (Å²) in [6.07, 6.45) is 4.81. The lowest BCUT2D eigenvalue weighted by atomic mass is 9.90. The Morgan fingerprint density at radius 1 is 1.25 bits per heavy atom. The molecule has 2 aromatic rings. The van der Waals surface area contributed by atoms with Crippen molar-refractivity contribution in [3.8, 4) is 0 Å². The normalized spacial score (nSPS) is 21.5. The van der Waals surface area contributed by atoms with E-state index in [1.807, 2.05) is 25.4 Å². The van der Waals surface area contributed by atoms with Gasteiger partial charge in [-0.3, -0.25) is 9.88 Å². The van der Waals surface area contributed by atoms with E-state index in [-0.39, 0.29) is 17.8 Å². The SMILES string of the molecule is Cc1cccnc1C1CCCC(c2cccc(C(=O)OF)n2)N1C. The van der Waals surface area contributed by atoms with Gasteiger partial charge in [0, 0.05) is 10.7 Å². The van der Waals surface area contributed by atoms with Crippen LogP contribution in [0.1, 0.15) is 58.8 Å². The lowest BCUT2D eigenvalue weighted by molar-refractivity contribution is -0.0793. The van der Waals surface area contributed by atoms with Crippen LogP contribution in [0.2, 0.25) is 0 Å². The first-order chi connectivity index (χ1) is 11.6. The highest BCUT2D eigenvalue weighted by molar-refractivity contribution is 5.86. The molecule has 0 bridgehead atoms. The molecule has 0 saturated carbocycles. The number of nitrogens with zero attached hydrogens (tertiary/aromatic N) is 3. The molecule has 3 rings (SSSR count). The van der Waals surface area contributed by atoms with Crippen LogP contribution < -0.4 is 0 Å². The fourth-order valence-corrected chi connectivity index (χ4v) is 3.45. The van der Waals surface area contributed by atoms with Crippen molar-refractivity contribution in [2.45, 2.75) is 38.3 Å². The van der Waals surface area contributed by atoms with Crippen molar-refractivity contribution >= 4 is 5.97 Å². The predicted molar refractivity (Wildman–Crippen MR) is 86.8 cm³/mol. The Morgan fingerprint density at radius 3 is 2.79 bits per heavy atom. The van der Waals surface area contributed by atoms with Crippen molar-refractivity contribution in [2.24, 2.45) is 0 Å². The van der Waals surface area contributed by atoms with Gasteiger partial charge >= 0.3 is 5.97 Å². The van der Waals surface area contributed by atoms with Gasteiger partial charge in [0.1, 0.15) is 0 Å². The van der Waals surface area contributed by atoms with Gasteiger partial charge in [-0.2, -0.15) is 0 Å². The molecular formula is C18H20FN3O2. The van der Waals surface area contributed by atoms with Crippen molar-refractivity contribution in [3.05, 3.63) is 59.2 Å². The first-order valence-corrected chi connectivity index (χ1v) is 8.05. The number of pyridine rings is 2. The fraction of sp³-hybridized carbons (Fsp3) is 0.389. The number of hydrogen-bond acceptors (Lipinski definition) is 5. The van der Waals surface area contributed by atoms with Crippen LogP contribution in [0.15, 0.2) is 36.5 Å². The second-order valence-electron chi connectivity index (χ2n) is 6.15. The van der Waals surface area contributed by atoms with E-state index in [0.29, 0.717) is 0 Å². The van der Waals surface area contributed by atoms with Crippen LogP contribution in [-0.4, -0.2) is 27.9 Å². The summed E-state index contributed by atoms with van der Waals surface area (Å²) in [5.41, 5.74) is 2.97. The first-order valence-electron chi connectivity index (χ1n) is 8.05. The maximum Gasteiger partial charge on any atom is 0.397 e. The summed E-state index contributed by atoms with van der Waals surface area (Å²) in [4.78, 5) is 25.8. The van der Waals surface area contributed by atoms with Gasteiger partial charge in [0.2, 0.25) is 0 Å². The van der Waals surface area contributed by atoms with Gasteiger partial charge in [0.15, 0.2) is 5.69 Å². The molecule has 0 N–H and O–H groups in total. The number of likely N-dealkylation sites (tertiary alicyclic amines) is 1. The number of piperidine rings is 1. The quantitative estimate of drug-likeness (QED) is 0.859. The van der Waals surface area contributed by atoms with E-state index in [9.17, 15) is 9.32 Å². The molecule has 0 spiro atoms. The van der Waals surface area contributed by atoms with Crippen LogP contribution in [0.3, 0.4) is 0 Å². The van der Waals surface area contributed by atoms with Crippen molar-refractivity contribution < 1.29 is 14.3 Å². The Hall–Kier alpha value is -2.34. The fourth-order valence-electron chi connectivity index (χ4n) is 3.45. The summed E-state index contributed by atoms with van der Waals surface area (Å²) in [6, 6.07) is 9.28. The van der Waals surface area contributed by atoms with Crippen LogP contribution >= 0.6 is 0 Å². The molecule has 126 valence electrons. The lowest BCUT2D eigenvalue weighted by Crippen LogP contribution is -2.34. The number of aryl methyl sites for hydroxylation is 1. The van der Waals surface area contributed by atoms with E-state index in [1.54, 1.807) is 6.07 Å². The summed E-state index contributed by atoms with van der Waals surface area (Å²) in [6.45, 7) is 2.07. The molecule has 0 aromatic carbocycles. The molecule has 1 saturated heterocycles. The maximum absolute atomic E-state index is 12.1. The van der Waals surface area contributed by atoms with Gasteiger partial charge in [-0.15, -0.1) is 0 Å². The van der Waals surface area contributed by atoms with Crippen molar-refractivity contribution in [2.75, 3.05) is 7.05 Å². The molecule has 0 amide bonds. The number of carbonyl (C=O) groups excluding carboxylic acids is 1. The van der Waals surface area contributed by atoms with Crippen LogP contribution in [0.25, 0.3) is 0 Å². The van der Waals surface area contributed by atoms with Crippen molar-refractivity contribution in [3.63, 3.8) is 0 Å². The van der Waals surface area contributed by atoms with Crippen LogP contribution in [0, 0.1) is 6.92 Å².